The monoisotopic (exact) mass is 488 g/mol. The summed E-state index contributed by atoms with van der Waals surface area (Å²) in [4.78, 5) is 13.1. The summed E-state index contributed by atoms with van der Waals surface area (Å²) in [5.74, 6) is -2.33. The highest BCUT2D eigenvalue weighted by Crippen LogP contribution is 2.40. The summed E-state index contributed by atoms with van der Waals surface area (Å²) in [6, 6.07) is 12.2. The van der Waals surface area contributed by atoms with Gasteiger partial charge in [-0.1, -0.05) is 30.3 Å². The number of likely N-dealkylation sites (tertiary alicyclic amines) is 1. The maximum atomic E-state index is 14.5. The summed E-state index contributed by atoms with van der Waals surface area (Å²) in [6.45, 7) is 0.497. The number of alkyl halides is 3. The van der Waals surface area contributed by atoms with Crippen molar-refractivity contribution in [1.82, 2.24) is 9.62 Å². The first-order valence-electron chi connectivity index (χ1n) is 10.3. The number of nitrogens with zero attached hydrogens (tertiary/aromatic N) is 1. The normalized spacial score (nSPS) is 18.0. The minimum Gasteiger partial charge on any atom is -0.463 e. The number of rotatable bonds is 7. The smallest absolute Gasteiger partial charge is 0.432 e. The van der Waals surface area contributed by atoms with Crippen LogP contribution in [0.3, 0.4) is 0 Å². The number of sulfonamides is 1. The lowest BCUT2D eigenvalue weighted by molar-refractivity contribution is -0.246. The molecular weight excluding hydrogens is 464 g/mol. The molecule has 1 unspecified atom stereocenters. The molecule has 1 atom stereocenters. The molecule has 33 heavy (non-hydrogen) atoms. The summed E-state index contributed by atoms with van der Waals surface area (Å²) in [6.07, 6.45) is -4.91. The van der Waals surface area contributed by atoms with E-state index in [9.17, 15) is 30.8 Å². The number of hydrogen-bond acceptors (Lipinski definition) is 5. The van der Waals surface area contributed by atoms with Gasteiger partial charge in [0.1, 0.15) is 5.82 Å². The molecule has 0 aliphatic carbocycles. The zero-order valence-electron chi connectivity index (χ0n) is 17.8. The summed E-state index contributed by atoms with van der Waals surface area (Å²) in [7, 11) is -4.74. The van der Waals surface area contributed by atoms with Gasteiger partial charge in [-0.3, -0.25) is 4.90 Å². The Kier molecular flexibility index (Phi) is 7.45. The van der Waals surface area contributed by atoms with E-state index in [4.69, 9.17) is 4.74 Å². The van der Waals surface area contributed by atoms with Crippen LogP contribution in [0.2, 0.25) is 0 Å². The van der Waals surface area contributed by atoms with Crippen molar-refractivity contribution < 1.29 is 35.5 Å². The number of carbonyl (C=O) groups is 1. The molecule has 1 aliphatic heterocycles. The molecular formula is C22H24F4N2O4S. The lowest BCUT2D eigenvalue weighted by atomic mass is 9.88. The van der Waals surface area contributed by atoms with Crippen LogP contribution in [0.15, 0.2) is 59.5 Å². The van der Waals surface area contributed by atoms with Crippen molar-refractivity contribution >= 4 is 16.0 Å². The summed E-state index contributed by atoms with van der Waals surface area (Å²) in [5.41, 5.74) is -2.83. The van der Waals surface area contributed by atoms with Gasteiger partial charge in [0.2, 0.25) is 10.0 Å². The quantitative estimate of drug-likeness (QED) is 0.474. The minimum atomic E-state index is -5.32. The fourth-order valence-corrected chi connectivity index (χ4v) is 5.31. The molecule has 1 saturated heterocycles. The molecule has 0 saturated carbocycles. The van der Waals surface area contributed by atoms with Crippen molar-refractivity contribution in [2.75, 3.05) is 19.7 Å². The first-order chi connectivity index (χ1) is 15.5. The fraction of sp³-hybridized carbons (Fsp3) is 0.409. The number of esters is 1. The predicted octanol–water partition coefficient (Wildman–Crippen LogP) is 3.81. The molecule has 1 fully saturated rings. The van der Waals surface area contributed by atoms with Gasteiger partial charge in [0, 0.05) is 13.1 Å². The average Bonchev–Trinajstić information content (AvgIpc) is 2.78. The molecule has 3 rings (SSSR count). The summed E-state index contributed by atoms with van der Waals surface area (Å²) < 4.78 is 88.9. The number of carbonyl (C=O) groups excluding carboxylic acids is 1. The molecule has 0 spiro atoms. The first-order valence-corrected chi connectivity index (χ1v) is 11.8. The SMILES string of the molecule is CCOC(=O)C(NS(=O)(=O)c1ccccc1)(N1CCC(c2ccc(F)cc2)CC1)C(F)(F)F. The van der Waals surface area contributed by atoms with E-state index in [0.29, 0.717) is 0 Å². The second-order valence-corrected chi connectivity index (χ2v) is 9.34. The lowest BCUT2D eigenvalue weighted by Crippen LogP contribution is -2.74. The Morgan fingerprint density at radius 3 is 2.15 bits per heavy atom. The Bertz CT molecular complexity index is 1050. The number of piperidine rings is 1. The van der Waals surface area contributed by atoms with E-state index in [-0.39, 0.29) is 38.5 Å². The minimum absolute atomic E-state index is 0.166. The van der Waals surface area contributed by atoms with Crippen molar-refractivity contribution in [2.45, 2.75) is 42.4 Å². The van der Waals surface area contributed by atoms with Crippen LogP contribution < -0.4 is 4.72 Å². The van der Waals surface area contributed by atoms with Gasteiger partial charge < -0.3 is 4.74 Å². The lowest BCUT2D eigenvalue weighted by Gasteiger charge is -2.45. The Balaban J connectivity index is 1.97. The molecule has 1 heterocycles. The van der Waals surface area contributed by atoms with Crippen molar-refractivity contribution in [3.8, 4) is 0 Å². The fourth-order valence-electron chi connectivity index (χ4n) is 3.96. The number of hydrogen-bond donors (Lipinski definition) is 1. The standard InChI is InChI=1S/C22H24F4N2O4S/c1-2-32-20(29)21(22(24,25)26,27-33(30,31)19-6-4-3-5-7-19)28-14-12-17(13-15-28)16-8-10-18(23)11-9-16/h3-11,17,27H,2,12-15H2,1H3. The molecule has 0 amide bonds. The second-order valence-electron chi connectivity index (χ2n) is 7.66. The molecule has 2 aromatic rings. The van der Waals surface area contributed by atoms with Gasteiger partial charge in [-0.2, -0.15) is 17.9 Å². The number of ether oxygens (including phenoxy) is 1. The zero-order chi connectivity index (χ0) is 24.3. The molecule has 11 heteroatoms. The second kappa shape index (κ2) is 9.78. The van der Waals surface area contributed by atoms with Gasteiger partial charge in [-0.25, -0.2) is 17.6 Å². The number of nitrogens with one attached hydrogen (secondary N) is 1. The van der Waals surface area contributed by atoms with Gasteiger partial charge in [-0.05, 0) is 55.5 Å². The molecule has 0 aromatic heterocycles. The van der Waals surface area contributed by atoms with E-state index >= 15 is 0 Å². The van der Waals surface area contributed by atoms with Crippen molar-refractivity contribution in [3.05, 3.63) is 66.0 Å². The van der Waals surface area contributed by atoms with Crippen LogP contribution in [-0.4, -0.2) is 50.8 Å². The van der Waals surface area contributed by atoms with Crippen molar-refractivity contribution in [1.29, 1.82) is 0 Å². The highest BCUT2D eigenvalue weighted by Gasteiger charge is 2.67. The zero-order valence-corrected chi connectivity index (χ0v) is 18.6. The maximum absolute atomic E-state index is 14.5. The summed E-state index contributed by atoms with van der Waals surface area (Å²) >= 11 is 0. The topological polar surface area (TPSA) is 75.7 Å². The van der Waals surface area contributed by atoms with Crippen LogP contribution in [-0.2, 0) is 19.6 Å². The Morgan fingerprint density at radius 2 is 1.64 bits per heavy atom. The van der Waals surface area contributed by atoms with E-state index < -0.39 is 38.5 Å². The van der Waals surface area contributed by atoms with Crippen LogP contribution in [0.25, 0.3) is 0 Å². The molecule has 0 bridgehead atoms. The highest BCUT2D eigenvalue weighted by atomic mass is 32.2. The van der Waals surface area contributed by atoms with Crippen LogP contribution in [0.4, 0.5) is 17.6 Å². The van der Waals surface area contributed by atoms with Crippen molar-refractivity contribution in [2.24, 2.45) is 0 Å². The highest BCUT2D eigenvalue weighted by molar-refractivity contribution is 7.89. The molecule has 1 aliphatic rings. The van der Waals surface area contributed by atoms with Gasteiger partial charge in [0.05, 0.1) is 11.5 Å². The predicted molar refractivity (Wildman–Crippen MR) is 112 cm³/mol. The van der Waals surface area contributed by atoms with Crippen LogP contribution >= 0.6 is 0 Å². The maximum Gasteiger partial charge on any atom is 0.432 e. The first kappa shape index (κ1) is 25.1. The van der Waals surface area contributed by atoms with Crippen LogP contribution in [0, 0.1) is 5.82 Å². The van der Waals surface area contributed by atoms with E-state index in [1.54, 1.807) is 16.9 Å². The van der Waals surface area contributed by atoms with Gasteiger partial charge >= 0.3 is 12.1 Å². The van der Waals surface area contributed by atoms with Crippen molar-refractivity contribution in [3.63, 3.8) is 0 Å². The number of benzene rings is 2. The molecule has 0 radical (unpaired) electrons. The van der Waals surface area contributed by atoms with E-state index in [1.165, 1.54) is 37.3 Å². The summed E-state index contributed by atoms with van der Waals surface area (Å²) in [5, 5.41) is 0. The Labute approximate surface area is 189 Å². The Morgan fingerprint density at radius 1 is 1.06 bits per heavy atom. The molecule has 180 valence electrons. The van der Waals surface area contributed by atoms with E-state index in [0.717, 1.165) is 22.6 Å². The average molecular weight is 489 g/mol. The van der Waals surface area contributed by atoms with Gasteiger partial charge in [-0.15, -0.1) is 0 Å². The van der Waals surface area contributed by atoms with E-state index in [1.807, 2.05) is 0 Å². The molecule has 1 N–H and O–H groups in total. The number of halogens is 4. The van der Waals surface area contributed by atoms with Gasteiger partial charge in [0.15, 0.2) is 0 Å². The van der Waals surface area contributed by atoms with Crippen LogP contribution in [0.1, 0.15) is 31.2 Å². The largest absolute Gasteiger partial charge is 0.463 e. The Hall–Kier alpha value is -2.50. The van der Waals surface area contributed by atoms with E-state index in [2.05, 4.69) is 0 Å². The third-order valence-electron chi connectivity index (χ3n) is 5.63. The third kappa shape index (κ3) is 5.20. The molecule has 2 aromatic carbocycles. The van der Waals surface area contributed by atoms with Gasteiger partial charge in [0.25, 0.3) is 5.66 Å². The van der Waals surface area contributed by atoms with Crippen LogP contribution in [0.5, 0.6) is 0 Å². The third-order valence-corrected chi connectivity index (χ3v) is 7.08. The molecule has 6 nitrogen and oxygen atoms in total.